The number of aryl methyl sites for hydroxylation is 1. The molecule has 0 aliphatic heterocycles. The van der Waals surface area contributed by atoms with Crippen LogP contribution in [0.5, 0.6) is 11.5 Å². The number of aromatic nitrogens is 3. The zero-order valence-corrected chi connectivity index (χ0v) is 20.0. The molecule has 0 unspecified atom stereocenters. The summed E-state index contributed by atoms with van der Waals surface area (Å²) in [6.07, 6.45) is 7.83. The molecule has 1 aromatic heterocycles. The van der Waals surface area contributed by atoms with E-state index in [2.05, 4.69) is 40.9 Å². The van der Waals surface area contributed by atoms with E-state index < -0.39 is 0 Å². The molecule has 1 N–H and O–H groups in total. The van der Waals surface area contributed by atoms with Crippen LogP contribution in [-0.4, -0.2) is 47.2 Å². The summed E-state index contributed by atoms with van der Waals surface area (Å²) in [7, 11) is 1.61. The number of nitrogens with zero attached hydrogens (tertiary/aromatic N) is 3. The quantitative estimate of drug-likeness (QED) is 0.282. The predicted octanol–water partition coefficient (Wildman–Crippen LogP) is 4.22. The van der Waals surface area contributed by atoms with Crippen molar-refractivity contribution in [2.45, 2.75) is 51.7 Å². The highest BCUT2D eigenvalue weighted by Crippen LogP contribution is 2.28. The van der Waals surface area contributed by atoms with Gasteiger partial charge in [-0.1, -0.05) is 38.6 Å². The van der Waals surface area contributed by atoms with Crippen LogP contribution in [0.4, 0.5) is 0 Å². The Labute approximate surface area is 189 Å². The van der Waals surface area contributed by atoms with Gasteiger partial charge in [-0.3, -0.25) is 4.79 Å². The van der Waals surface area contributed by atoms with Gasteiger partial charge in [0.05, 0.1) is 13.7 Å². The van der Waals surface area contributed by atoms with E-state index in [1.54, 1.807) is 24.9 Å². The molecule has 0 aliphatic carbocycles. The molecular formula is C23H34N4O3S. The van der Waals surface area contributed by atoms with Crippen molar-refractivity contribution in [3.8, 4) is 11.5 Å². The van der Waals surface area contributed by atoms with Crippen LogP contribution in [0, 0.1) is 5.92 Å². The molecule has 0 saturated carbocycles. The molecule has 2 rings (SSSR count). The largest absolute Gasteiger partial charge is 0.493 e. The van der Waals surface area contributed by atoms with Gasteiger partial charge in [0.15, 0.2) is 16.7 Å². The highest BCUT2D eigenvalue weighted by atomic mass is 32.2. The summed E-state index contributed by atoms with van der Waals surface area (Å²) in [4.78, 5) is 12.2. The maximum atomic E-state index is 12.2. The van der Waals surface area contributed by atoms with Crippen molar-refractivity contribution >= 4 is 23.7 Å². The van der Waals surface area contributed by atoms with Gasteiger partial charge >= 0.3 is 0 Å². The second-order valence-electron chi connectivity index (χ2n) is 7.59. The molecule has 7 nitrogen and oxygen atoms in total. The summed E-state index contributed by atoms with van der Waals surface area (Å²) in [5.74, 6) is 2.74. The summed E-state index contributed by atoms with van der Waals surface area (Å²) in [5.41, 5.74) is 0.877. The molecule has 0 fully saturated rings. The second-order valence-corrected chi connectivity index (χ2v) is 8.37. The Morgan fingerprint density at radius 1 is 1.29 bits per heavy atom. The maximum absolute atomic E-state index is 12.2. The van der Waals surface area contributed by atoms with Crippen molar-refractivity contribution in [3.05, 3.63) is 35.7 Å². The van der Waals surface area contributed by atoms with Crippen LogP contribution in [0.3, 0.4) is 0 Å². The lowest BCUT2D eigenvalue weighted by molar-refractivity contribution is -0.116. The Bertz CT molecular complexity index is 865. The minimum absolute atomic E-state index is 0.126. The van der Waals surface area contributed by atoms with E-state index in [9.17, 15) is 4.79 Å². The van der Waals surface area contributed by atoms with Crippen molar-refractivity contribution in [3.63, 3.8) is 0 Å². The molecule has 1 amide bonds. The molecule has 1 heterocycles. The maximum Gasteiger partial charge on any atom is 0.243 e. The van der Waals surface area contributed by atoms with Gasteiger partial charge in [0.2, 0.25) is 5.91 Å². The fraction of sp³-hybridized carbons (Fsp3) is 0.522. The highest BCUT2D eigenvalue weighted by molar-refractivity contribution is 7.98. The van der Waals surface area contributed by atoms with E-state index in [-0.39, 0.29) is 5.91 Å². The lowest BCUT2D eigenvalue weighted by Gasteiger charge is -2.11. The van der Waals surface area contributed by atoms with Gasteiger partial charge in [-0.2, -0.15) is 0 Å². The van der Waals surface area contributed by atoms with Gasteiger partial charge in [0, 0.05) is 25.6 Å². The Morgan fingerprint density at radius 2 is 2.10 bits per heavy atom. The zero-order valence-electron chi connectivity index (χ0n) is 19.2. The third-order valence-electron chi connectivity index (χ3n) is 4.48. The number of ether oxygens (including phenoxy) is 2. The van der Waals surface area contributed by atoms with Crippen molar-refractivity contribution in [2.24, 2.45) is 5.92 Å². The van der Waals surface area contributed by atoms with E-state index in [1.165, 1.54) is 6.08 Å². The SMILES string of the molecule is CCCOc1ccc(C=CC(=O)NCCCc2nnc(SC)n2CC(C)C)cc1OC. The molecule has 8 heteroatoms. The van der Waals surface area contributed by atoms with E-state index >= 15 is 0 Å². The van der Waals surface area contributed by atoms with Gasteiger partial charge < -0.3 is 19.4 Å². The molecule has 1 aromatic carbocycles. The van der Waals surface area contributed by atoms with Gasteiger partial charge in [0.25, 0.3) is 0 Å². The van der Waals surface area contributed by atoms with Crippen LogP contribution in [0.1, 0.15) is 45.0 Å². The standard InChI is InChI=1S/C23H34N4O3S/c1-6-14-30-19-11-9-18(15-20(19)29-4)10-12-22(28)24-13-7-8-21-25-26-23(31-5)27(21)16-17(2)3/h9-12,15,17H,6-8,13-14,16H2,1-5H3,(H,24,28). The lowest BCUT2D eigenvalue weighted by Crippen LogP contribution is -2.23. The summed E-state index contributed by atoms with van der Waals surface area (Å²) in [6, 6.07) is 5.63. The van der Waals surface area contributed by atoms with Gasteiger partial charge in [0.1, 0.15) is 5.82 Å². The first-order chi connectivity index (χ1) is 15.0. The van der Waals surface area contributed by atoms with Gasteiger partial charge in [-0.25, -0.2) is 0 Å². The first-order valence-corrected chi connectivity index (χ1v) is 11.9. The fourth-order valence-corrected chi connectivity index (χ4v) is 3.53. The molecule has 0 spiro atoms. The Balaban J connectivity index is 1.83. The van der Waals surface area contributed by atoms with Crippen LogP contribution in [0.15, 0.2) is 29.4 Å². The van der Waals surface area contributed by atoms with E-state index in [0.717, 1.165) is 42.4 Å². The molecule has 0 radical (unpaired) electrons. The Hall–Kier alpha value is -2.48. The van der Waals surface area contributed by atoms with Gasteiger partial charge in [-0.15, -0.1) is 10.2 Å². The van der Waals surface area contributed by atoms with Crippen molar-refractivity contribution < 1.29 is 14.3 Å². The molecule has 31 heavy (non-hydrogen) atoms. The summed E-state index contributed by atoms with van der Waals surface area (Å²) < 4.78 is 13.2. The van der Waals surface area contributed by atoms with Crippen LogP contribution in [0.2, 0.25) is 0 Å². The molecule has 2 aromatic rings. The minimum atomic E-state index is -0.126. The molecule has 0 atom stereocenters. The van der Waals surface area contributed by atoms with E-state index in [0.29, 0.717) is 30.6 Å². The first-order valence-electron chi connectivity index (χ1n) is 10.7. The number of hydrogen-bond acceptors (Lipinski definition) is 6. The van der Waals surface area contributed by atoms with Crippen LogP contribution in [-0.2, 0) is 17.8 Å². The fourth-order valence-electron chi connectivity index (χ4n) is 3.01. The molecule has 170 valence electrons. The number of rotatable bonds is 13. The molecule has 0 bridgehead atoms. The number of hydrogen-bond donors (Lipinski definition) is 1. The number of thioether (sulfide) groups is 1. The zero-order chi connectivity index (χ0) is 22.6. The van der Waals surface area contributed by atoms with Crippen molar-refractivity contribution in [1.82, 2.24) is 20.1 Å². The van der Waals surface area contributed by atoms with Gasteiger partial charge in [-0.05, 0) is 48.8 Å². The number of amides is 1. The number of nitrogens with one attached hydrogen (secondary N) is 1. The van der Waals surface area contributed by atoms with Crippen LogP contribution < -0.4 is 14.8 Å². The third kappa shape index (κ3) is 7.94. The average Bonchev–Trinajstić information content (AvgIpc) is 3.14. The van der Waals surface area contributed by atoms with Crippen molar-refractivity contribution in [2.75, 3.05) is 26.5 Å². The molecular weight excluding hydrogens is 412 g/mol. The van der Waals surface area contributed by atoms with E-state index in [1.807, 2.05) is 24.5 Å². The average molecular weight is 447 g/mol. The van der Waals surface area contributed by atoms with Crippen molar-refractivity contribution in [1.29, 1.82) is 0 Å². The van der Waals surface area contributed by atoms with Crippen LogP contribution in [0.25, 0.3) is 6.08 Å². The third-order valence-corrected chi connectivity index (χ3v) is 5.14. The lowest BCUT2D eigenvalue weighted by atomic mass is 10.2. The Kier molecular flexibility index (Phi) is 10.4. The summed E-state index contributed by atoms with van der Waals surface area (Å²) in [6.45, 7) is 8.54. The smallest absolute Gasteiger partial charge is 0.243 e. The highest BCUT2D eigenvalue weighted by Gasteiger charge is 2.12. The Morgan fingerprint density at radius 3 is 2.77 bits per heavy atom. The normalized spacial score (nSPS) is 11.3. The number of carbonyl (C=O) groups excluding carboxylic acids is 1. The molecule has 0 saturated heterocycles. The number of carbonyl (C=O) groups is 1. The monoisotopic (exact) mass is 446 g/mol. The number of methoxy groups -OCH3 is 1. The minimum Gasteiger partial charge on any atom is -0.493 e. The first kappa shape index (κ1) is 24.8. The topological polar surface area (TPSA) is 78.3 Å². The second kappa shape index (κ2) is 13.0. The number of benzene rings is 1. The van der Waals surface area contributed by atoms with Crippen LogP contribution >= 0.6 is 11.8 Å². The predicted molar refractivity (Wildman–Crippen MR) is 126 cm³/mol. The summed E-state index contributed by atoms with van der Waals surface area (Å²) in [5, 5.41) is 12.4. The summed E-state index contributed by atoms with van der Waals surface area (Å²) >= 11 is 1.61. The van der Waals surface area contributed by atoms with E-state index in [4.69, 9.17) is 9.47 Å². The molecule has 0 aliphatic rings.